The number of aromatic nitrogens is 1. The average Bonchev–Trinajstić information content (AvgIpc) is 3.06. The second-order valence-corrected chi connectivity index (χ2v) is 8.02. The maximum absolute atomic E-state index is 12.3. The van der Waals surface area contributed by atoms with E-state index >= 15 is 0 Å². The van der Waals surface area contributed by atoms with Gasteiger partial charge in [-0.1, -0.05) is 64.4 Å². The molecule has 1 aromatic carbocycles. The standard InChI is InChI=1S/C23H32N2O4/c1-6-10-19-18(21(26)28-5)15-20(23(2,3)4)25(19)14-13-24-22(27)29-16-17-11-8-7-9-12-17/h7-9,11-12,15H,6,10,13-14,16H2,1-5H3,(H,24,27). The molecule has 158 valence electrons. The summed E-state index contributed by atoms with van der Waals surface area (Å²) in [4.78, 5) is 24.3. The van der Waals surface area contributed by atoms with Gasteiger partial charge < -0.3 is 19.4 Å². The normalized spacial score (nSPS) is 11.2. The third-order valence-electron chi connectivity index (χ3n) is 4.69. The lowest BCUT2D eigenvalue weighted by Gasteiger charge is -2.23. The van der Waals surface area contributed by atoms with Crippen LogP contribution >= 0.6 is 0 Å². The van der Waals surface area contributed by atoms with E-state index in [2.05, 4.69) is 37.6 Å². The Hall–Kier alpha value is -2.76. The van der Waals surface area contributed by atoms with Gasteiger partial charge in [0.25, 0.3) is 0 Å². The van der Waals surface area contributed by atoms with Gasteiger partial charge in [0.15, 0.2) is 0 Å². The van der Waals surface area contributed by atoms with Crippen LogP contribution < -0.4 is 5.32 Å². The van der Waals surface area contributed by atoms with E-state index in [1.807, 2.05) is 36.4 Å². The molecular formula is C23H32N2O4. The fraction of sp³-hybridized carbons (Fsp3) is 0.478. The summed E-state index contributed by atoms with van der Waals surface area (Å²) in [6.07, 6.45) is 1.21. The molecule has 0 atom stereocenters. The van der Waals surface area contributed by atoms with Crippen LogP contribution in [0.2, 0.25) is 0 Å². The molecule has 0 radical (unpaired) electrons. The van der Waals surface area contributed by atoms with E-state index in [0.717, 1.165) is 29.8 Å². The minimum absolute atomic E-state index is 0.150. The Labute approximate surface area is 173 Å². The van der Waals surface area contributed by atoms with Gasteiger partial charge in [-0.05, 0) is 18.1 Å². The molecule has 0 spiro atoms. The van der Waals surface area contributed by atoms with E-state index < -0.39 is 6.09 Å². The smallest absolute Gasteiger partial charge is 0.407 e. The number of amides is 1. The van der Waals surface area contributed by atoms with Crippen LogP contribution in [0.3, 0.4) is 0 Å². The number of alkyl carbamates (subject to hydrolysis) is 1. The second kappa shape index (κ2) is 10.1. The molecule has 1 aromatic heterocycles. The Morgan fingerprint density at radius 1 is 1.14 bits per heavy atom. The summed E-state index contributed by atoms with van der Waals surface area (Å²) in [6.45, 7) is 9.60. The number of carbonyl (C=O) groups is 2. The van der Waals surface area contributed by atoms with Crippen LogP contribution in [-0.2, 0) is 34.5 Å². The number of nitrogens with zero attached hydrogens (tertiary/aromatic N) is 1. The summed E-state index contributed by atoms with van der Waals surface area (Å²) in [6, 6.07) is 11.5. The number of carbonyl (C=O) groups excluding carboxylic acids is 2. The first kappa shape index (κ1) is 22.5. The molecule has 29 heavy (non-hydrogen) atoms. The minimum Gasteiger partial charge on any atom is -0.465 e. The van der Waals surface area contributed by atoms with Gasteiger partial charge in [0, 0.05) is 29.9 Å². The van der Waals surface area contributed by atoms with Gasteiger partial charge in [-0.3, -0.25) is 0 Å². The number of esters is 1. The summed E-state index contributed by atoms with van der Waals surface area (Å²) in [5.41, 5.74) is 3.38. The molecular weight excluding hydrogens is 368 g/mol. The highest BCUT2D eigenvalue weighted by Crippen LogP contribution is 2.29. The zero-order valence-electron chi connectivity index (χ0n) is 18.1. The number of nitrogens with one attached hydrogen (secondary N) is 1. The van der Waals surface area contributed by atoms with E-state index in [4.69, 9.17) is 9.47 Å². The number of methoxy groups -OCH3 is 1. The van der Waals surface area contributed by atoms with Crippen molar-refractivity contribution in [1.29, 1.82) is 0 Å². The van der Waals surface area contributed by atoms with Crippen molar-refractivity contribution < 1.29 is 19.1 Å². The van der Waals surface area contributed by atoms with Gasteiger partial charge in [0.05, 0.1) is 12.7 Å². The van der Waals surface area contributed by atoms with Crippen molar-refractivity contribution in [3.05, 3.63) is 58.9 Å². The zero-order chi connectivity index (χ0) is 21.4. The van der Waals surface area contributed by atoms with Gasteiger partial charge in [-0.25, -0.2) is 9.59 Å². The van der Waals surface area contributed by atoms with Crippen LogP contribution in [0.5, 0.6) is 0 Å². The highest BCUT2D eigenvalue weighted by atomic mass is 16.5. The molecule has 0 unspecified atom stereocenters. The molecule has 2 aromatic rings. The third-order valence-corrected chi connectivity index (χ3v) is 4.69. The lowest BCUT2D eigenvalue weighted by molar-refractivity contribution is 0.0599. The molecule has 0 saturated carbocycles. The highest BCUT2D eigenvalue weighted by molar-refractivity contribution is 5.91. The molecule has 1 amide bonds. The highest BCUT2D eigenvalue weighted by Gasteiger charge is 2.26. The van der Waals surface area contributed by atoms with Crippen molar-refractivity contribution in [1.82, 2.24) is 9.88 Å². The summed E-state index contributed by atoms with van der Waals surface area (Å²) < 4.78 is 12.4. The Morgan fingerprint density at radius 2 is 1.83 bits per heavy atom. The summed E-state index contributed by atoms with van der Waals surface area (Å²) in [5, 5.41) is 2.80. The first-order chi connectivity index (χ1) is 13.8. The quantitative estimate of drug-likeness (QED) is 0.665. The number of rotatable bonds is 8. The molecule has 0 aliphatic carbocycles. The lowest BCUT2D eigenvalue weighted by atomic mass is 9.92. The molecule has 2 rings (SSSR count). The minimum atomic E-state index is -0.455. The van der Waals surface area contributed by atoms with E-state index in [-0.39, 0.29) is 18.0 Å². The molecule has 0 aliphatic rings. The number of ether oxygens (including phenoxy) is 2. The largest absolute Gasteiger partial charge is 0.465 e. The van der Waals surface area contributed by atoms with Gasteiger partial charge in [0.1, 0.15) is 6.61 Å². The van der Waals surface area contributed by atoms with Gasteiger partial charge in [0.2, 0.25) is 0 Å². The lowest BCUT2D eigenvalue weighted by Crippen LogP contribution is -2.30. The molecule has 6 heteroatoms. The predicted octanol–water partition coefficient (Wildman–Crippen LogP) is 4.45. The van der Waals surface area contributed by atoms with Crippen molar-refractivity contribution in [3.63, 3.8) is 0 Å². The molecule has 1 N–H and O–H groups in total. The van der Waals surface area contributed by atoms with Crippen LogP contribution in [0.4, 0.5) is 4.79 Å². The van der Waals surface area contributed by atoms with E-state index in [1.165, 1.54) is 7.11 Å². The fourth-order valence-corrected chi connectivity index (χ4v) is 3.30. The number of hydrogen-bond acceptors (Lipinski definition) is 4. The number of hydrogen-bond donors (Lipinski definition) is 1. The molecule has 0 saturated heterocycles. The van der Waals surface area contributed by atoms with Crippen LogP contribution in [0.25, 0.3) is 0 Å². The Balaban J connectivity index is 2.08. The molecule has 0 fully saturated rings. The molecule has 0 bridgehead atoms. The third kappa shape index (κ3) is 6.11. The second-order valence-electron chi connectivity index (χ2n) is 8.02. The monoisotopic (exact) mass is 400 g/mol. The first-order valence-electron chi connectivity index (χ1n) is 10.0. The topological polar surface area (TPSA) is 69.6 Å². The molecule has 6 nitrogen and oxygen atoms in total. The van der Waals surface area contributed by atoms with Crippen LogP contribution in [-0.4, -0.2) is 30.3 Å². The average molecular weight is 401 g/mol. The van der Waals surface area contributed by atoms with Crippen LogP contribution in [0.15, 0.2) is 36.4 Å². The molecule has 0 aliphatic heterocycles. The van der Waals surface area contributed by atoms with E-state index in [1.54, 1.807) is 0 Å². The van der Waals surface area contributed by atoms with Crippen molar-refractivity contribution in [2.75, 3.05) is 13.7 Å². The van der Waals surface area contributed by atoms with E-state index in [9.17, 15) is 9.59 Å². The van der Waals surface area contributed by atoms with Gasteiger partial charge in [-0.2, -0.15) is 0 Å². The summed E-state index contributed by atoms with van der Waals surface area (Å²) >= 11 is 0. The van der Waals surface area contributed by atoms with Crippen molar-refractivity contribution in [2.45, 2.75) is 59.1 Å². The van der Waals surface area contributed by atoms with Crippen LogP contribution in [0.1, 0.15) is 61.4 Å². The van der Waals surface area contributed by atoms with Crippen molar-refractivity contribution in [3.8, 4) is 0 Å². The maximum atomic E-state index is 12.3. The van der Waals surface area contributed by atoms with E-state index in [0.29, 0.717) is 18.7 Å². The number of benzene rings is 1. The summed E-state index contributed by atoms with van der Waals surface area (Å²) in [7, 11) is 1.40. The zero-order valence-corrected chi connectivity index (χ0v) is 18.1. The Bertz CT molecular complexity index is 819. The van der Waals surface area contributed by atoms with Crippen molar-refractivity contribution >= 4 is 12.1 Å². The van der Waals surface area contributed by atoms with Gasteiger partial charge >= 0.3 is 12.1 Å². The first-order valence-corrected chi connectivity index (χ1v) is 10.0. The Kier molecular flexibility index (Phi) is 7.88. The van der Waals surface area contributed by atoms with Crippen molar-refractivity contribution in [2.24, 2.45) is 0 Å². The summed E-state index contributed by atoms with van der Waals surface area (Å²) in [5.74, 6) is -0.326. The maximum Gasteiger partial charge on any atom is 0.407 e. The predicted molar refractivity (Wildman–Crippen MR) is 113 cm³/mol. The van der Waals surface area contributed by atoms with Crippen LogP contribution in [0, 0.1) is 0 Å². The molecule has 1 heterocycles. The van der Waals surface area contributed by atoms with Gasteiger partial charge in [-0.15, -0.1) is 0 Å². The fourth-order valence-electron chi connectivity index (χ4n) is 3.30. The Morgan fingerprint density at radius 3 is 2.41 bits per heavy atom. The SMILES string of the molecule is CCCc1c(C(=O)OC)cc(C(C)(C)C)n1CCNC(=O)OCc1ccccc1.